The maximum absolute atomic E-state index is 12.9. The number of anilines is 1. The molecule has 0 atom stereocenters. The van der Waals surface area contributed by atoms with Gasteiger partial charge in [-0.25, -0.2) is 12.8 Å². The van der Waals surface area contributed by atoms with Gasteiger partial charge in [-0.3, -0.25) is 14.9 Å². The molecule has 0 radical (unpaired) electrons. The average molecular weight is 473 g/mol. The van der Waals surface area contributed by atoms with Gasteiger partial charge in [-0.15, -0.1) is 0 Å². The van der Waals surface area contributed by atoms with Crippen LogP contribution in [0.4, 0.5) is 15.8 Å². The van der Waals surface area contributed by atoms with Crippen LogP contribution in [-0.4, -0.2) is 38.6 Å². The number of amides is 1. The van der Waals surface area contributed by atoms with Gasteiger partial charge in [-0.1, -0.05) is 0 Å². The fourth-order valence-electron chi connectivity index (χ4n) is 2.83. The van der Waals surface area contributed by atoms with Gasteiger partial charge < -0.3 is 15.4 Å². The van der Waals surface area contributed by atoms with Crippen LogP contribution >= 0.6 is 0 Å². The second-order valence-electron chi connectivity index (χ2n) is 6.97. The van der Waals surface area contributed by atoms with Crippen LogP contribution < -0.4 is 15.4 Å². The number of hydrogen-bond acceptors (Lipinski definition) is 7. The Hall–Kier alpha value is -3.99. The molecule has 0 aliphatic heterocycles. The minimum Gasteiger partial charge on any atom is -0.457 e. The molecule has 11 heteroatoms. The molecule has 0 heterocycles. The summed E-state index contributed by atoms with van der Waals surface area (Å²) in [4.78, 5) is 22.7. The summed E-state index contributed by atoms with van der Waals surface area (Å²) >= 11 is 0. The molecular formula is C22H20FN3O6S. The van der Waals surface area contributed by atoms with Gasteiger partial charge in [-0.2, -0.15) is 0 Å². The smallest absolute Gasteiger partial charge is 0.293 e. The highest BCUT2D eigenvalue weighted by molar-refractivity contribution is 7.90. The predicted molar refractivity (Wildman–Crippen MR) is 120 cm³/mol. The molecule has 0 bridgehead atoms. The van der Waals surface area contributed by atoms with E-state index in [2.05, 4.69) is 10.6 Å². The monoisotopic (exact) mass is 473 g/mol. The summed E-state index contributed by atoms with van der Waals surface area (Å²) in [6, 6.07) is 15.4. The van der Waals surface area contributed by atoms with Crippen molar-refractivity contribution in [3.8, 4) is 11.5 Å². The molecule has 33 heavy (non-hydrogen) atoms. The maximum Gasteiger partial charge on any atom is 0.293 e. The standard InChI is InChI=1S/C22H20FN3O6S/c1-33(30,31)19-10-11-20(21(14-19)26(28)29)24-12-13-25-22(27)15-2-6-17(7-3-15)32-18-8-4-16(23)5-9-18/h2-11,14,24H,12-13H2,1H3,(H,25,27). The van der Waals surface area contributed by atoms with Crippen LogP contribution in [0.3, 0.4) is 0 Å². The van der Waals surface area contributed by atoms with Crippen LogP contribution in [0.25, 0.3) is 0 Å². The van der Waals surface area contributed by atoms with Gasteiger partial charge in [0, 0.05) is 31.0 Å². The Morgan fingerprint density at radius 2 is 1.61 bits per heavy atom. The normalized spacial score (nSPS) is 11.0. The summed E-state index contributed by atoms with van der Waals surface area (Å²) in [6.45, 7) is 0.341. The number of carbonyl (C=O) groups is 1. The molecule has 3 aromatic rings. The predicted octanol–water partition coefficient (Wildman–Crippen LogP) is 3.77. The highest BCUT2D eigenvalue weighted by Gasteiger charge is 2.18. The molecule has 0 aromatic heterocycles. The van der Waals surface area contributed by atoms with E-state index in [-0.39, 0.29) is 41.1 Å². The van der Waals surface area contributed by atoms with Crippen LogP contribution in [0.2, 0.25) is 0 Å². The zero-order chi connectivity index (χ0) is 24.0. The molecular weight excluding hydrogens is 453 g/mol. The molecule has 0 unspecified atom stereocenters. The number of halogens is 1. The van der Waals surface area contributed by atoms with E-state index in [0.29, 0.717) is 17.1 Å². The van der Waals surface area contributed by atoms with Crippen molar-refractivity contribution in [1.82, 2.24) is 5.32 Å². The number of benzene rings is 3. The molecule has 0 aliphatic carbocycles. The number of nitrogens with zero attached hydrogens (tertiary/aromatic N) is 1. The van der Waals surface area contributed by atoms with E-state index in [1.165, 1.54) is 36.4 Å². The molecule has 3 aromatic carbocycles. The Labute approximate surface area is 189 Å². The first kappa shape index (κ1) is 23.7. The molecule has 1 amide bonds. The summed E-state index contributed by atoms with van der Waals surface area (Å²) in [5.74, 6) is 0.208. The first-order valence-corrected chi connectivity index (χ1v) is 11.6. The molecule has 0 aliphatic rings. The number of sulfone groups is 1. The number of nitrogens with one attached hydrogen (secondary N) is 2. The van der Waals surface area contributed by atoms with E-state index >= 15 is 0 Å². The lowest BCUT2D eigenvalue weighted by atomic mass is 10.2. The summed E-state index contributed by atoms with van der Waals surface area (Å²) in [5.41, 5.74) is 0.148. The Morgan fingerprint density at radius 3 is 2.18 bits per heavy atom. The zero-order valence-electron chi connectivity index (χ0n) is 17.4. The molecule has 9 nitrogen and oxygen atoms in total. The number of hydrogen-bond donors (Lipinski definition) is 2. The molecule has 2 N–H and O–H groups in total. The van der Waals surface area contributed by atoms with Crippen molar-refractivity contribution in [2.24, 2.45) is 0 Å². The minimum atomic E-state index is -3.58. The average Bonchev–Trinajstić information content (AvgIpc) is 2.78. The Balaban J connectivity index is 1.53. The minimum absolute atomic E-state index is 0.143. The number of carbonyl (C=O) groups excluding carboxylic acids is 1. The van der Waals surface area contributed by atoms with Gasteiger partial charge in [0.25, 0.3) is 11.6 Å². The van der Waals surface area contributed by atoms with Gasteiger partial charge in [0.05, 0.1) is 9.82 Å². The highest BCUT2D eigenvalue weighted by Crippen LogP contribution is 2.27. The Morgan fingerprint density at radius 1 is 1.00 bits per heavy atom. The van der Waals surface area contributed by atoms with E-state index in [9.17, 15) is 27.7 Å². The van der Waals surface area contributed by atoms with Gasteiger partial charge in [0.2, 0.25) is 0 Å². The lowest BCUT2D eigenvalue weighted by Crippen LogP contribution is -2.28. The number of ether oxygens (including phenoxy) is 1. The van der Waals surface area contributed by atoms with E-state index in [4.69, 9.17) is 4.74 Å². The Bertz CT molecular complexity index is 1260. The largest absolute Gasteiger partial charge is 0.457 e. The van der Waals surface area contributed by atoms with Crippen molar-refractivity contribution in [1.29, 1.82) is 0 Å². The lowest BCUT2D eigenvalue weighted by molar-refractivity contribution is -0.384. The second-order valence-corrected chi connectivity index (χ2v) is 8.99. The van der Waals surface area contributed by atoms with E-state index in [1.807, 2.05) is 0 Å². The van der Waals surface area contributed by atoms with Gasteiger partial charge in [0.1, 0.15) is 23.0 Å². The van der Waals surface area contributed by atoms with E-state index in [0.717, 1.165) is 12.3 Å². The second kappa shape index (κ2) is 10.1. The molecule has 0 saturated carbocycles. The summed E-state index contributed by atoms with van der Waals surface area (Å²) in [7, 11) is -3.58. The fraction of sp³-hybridized carbons (Fsp3) is 0.136. The number of nitro groups is 1. The summed E-state index contributed by atoms with van der Waals surface area (Å²) < 4.78 is 41.7. The molecule has 0 spiro atoms. The molecule has 172 valence electrons. The van der Waals surface area contributed by atoms with E-state index in [1.54, 1.807) is 24.3 Å². The van der Waals surface area contributed by atoms with E-state index < -0.39 is 14.8 Å². The topological polar surface area (TPSA) is 128 Å². The van der Waals surface area contributed by atoms with Crippen LogP contribution in [0.15, 0.2) is 71.6 Å². The summed E-state index contributed by atoms with van der Waals surface area (Å²) in [6.07, 6.45) is 0.968. The molecule has 0 fully saturated rings. The maximum atomic E-state index is 12.9. The number of rotatable bonds is 9. The lowest BCUT2D eigenvalue weighted by Gasteiger charge is -2.10. The van der Waals surface area contributed by atoms with Crippen LogP contribution in [0.1, 0.15) is 10.4 Å². The van der Waals surface area contributed by atoms with Gasteiger partial charge in [-0.05, 0) is 60.7 Å². The third kappa shape index (κ3) is 6.50. The van der Waals surface area contributed by atoms with Gasteiger partial charge >= 0.3 is 0 Å². The third-order valence-electron chi connectivity index (χ3n) is 4.49. The highest BCUT2D eigenvalue weighted by atomic mass is 32.2. The number of nitro benzene ring substituents is 1. The van der Waals surface area contributed by atoms with Crippen molar-refractivity contribution in [2.45, 2.75) is 4.90 Å². The first-order valence-electron chi connectivity index (χ1n) is 9.67. The van der Waals surface area contributed by atoms with Crippen molar-refractivity contribution in [3.05, 3.63) is 88.2 Å². The summed E-state index contributed by atoms with van der Waals surface area (Å²) in [5, 5.41) is 16.8. The van der Waals surface area contributed by atoms with Crippen LogP contribution in [-0.2, 0) is 9.84 Å². The van der Waals surface area contributed by atoms with Crippen LogP contribution in [0, 0.1) is 15.9 Å². The van der Waals surface area contributed by atoms with Crippen LogP contribution in [0.5, 0.6) is 11.5 Å². The quantitative estimate of drug-likeness (QED) is 0.275. The Kier molecular flexibility index (Phi) is 7.23. The van der Waals surface area contributed by atoms with Crippen molar-refractivity contribution >= 4 is 27.1 Å². The van der Waals surface area contributed by atoms with Gasteiger partial charge in [0.15, 0.2) is 9.84 Å². The first-order chi connectivity index (χ1) is 15.6. The molecule has 3 rings (SSSR count). The van der Waals surface area contributed by atoms with Crippen molar-refractivity contribution in [3.63, 3.8) is 0 Å². The molecule has 0 saturated heterocycles. The van der Waals surface area contributed by atoms with Crippen molar-refractivity contribution in [2.75, 3.05) is 24.7 Å². The third-order valence-corrected chi connectivity index (χ3v) is 5.60. The fourth-order valence-corrected chi connectivity index (χ4v) is 3.47. The van der Waals surface area contributed by atoms with Crippen molar-refractivity contribution < 1.29 is 27.3 Å². The SMILES string of the molecule is CS(=O)(=O)c1ccc(NCCNC(=O)c2ccc(Oc3ccc(F)cc3)cc2)c([N+](=O)[O-])c1. The zero-order valence-corrected chi connectivity index (χ0v) is 18.3.